The lowest BCUT2D eigenvalue weighted by Crippen LogP contribution is -2.19. The Bertz CT molecular complexity index is 379. The Hall–Kier alpha value is -0.520. The lowest BCUT2D eigenvalue weighted by atomic mass is 10.1. The average Bonchev–Trinajstić information content (AvgIpc) is 2.50. The summed E-state index contributed by atoms with van der Waals surface area (Å²) in [7, 11) is 0. The molecule has 0 N–H and O–H groups in total. The summed E-state index contributed by atoms with van der Waals surface area (Å²) in [5.41, 5.74) is -0.649. The van der Waals surface area contributed by atoms with E-state index in [-0.39, 0.29) is 10.5 Å². The van der Waals surface area contributed by atoms with Gasteiger partial charge in [0.1, 0.15) is 0 Å². The Morgan fingerprint density at radius 3 is 2.29 bits per heavy atom. The van der Waals surface area contributed by atoms with Crippen LogP contribution in [-0.2, 0) is 6.18 Å². The van der Waals surface area contributed by atoms with E-state index in [1.54, 1.807) is 0 Å². The van der Waals surface area contributed by atoms with E-state index in [2.05, 4.69) is 21.0 Å². The van der Waals surface area contributed by atoms with Crippen LogP contribution in [0.25, 0.3) is 0 Å². The molecular formula is C11H14BrF3N2. The van der Waals surface area contributed by atoms with Gasteiger partial charge in [0.25, 0.3) is 0 Å². The van der Waals surface area contributed by atoms with Crippen LogP contribution in [0.2, 0.25) is 0 Å². The van der Waals surface area contributed by atoms with E-state index < -0.39 is 11.9 Å². The first kappa shape index (κ1) is 12.9. The van der Waals surface area contributed by atoms with Crippen molar-refractivity contribution in [2.45, 2.75) is 50.7 Å². The number of hydrogen-bond acceptors (Lipinski definition) is 1. The minimum Gasteiger partial charge on any atom is -0.256 e. The van der Waals surface area contributed by atoms with Gasteiger partial charge < -0.3 is 0 Å². The zero-order chi connectivity index (χ0) is 12.5. The number of halogens is 4. The lowest BCUT2D eigenvalue weighted by Gasteiger charge is -2.19. The van der Waals surface area contributed by atoms with Gasteiger partial charge >= 0.3 is 6.18 Å². The minimum atomic E-state index is -4.35. The van der Waals surface area contributed by atoms with Crippen molar-refractivity contribution in [1.82, 2.24) is 9.78 Å². The second-order valence-corrected chi connectivity index (χ2v) is 5.28. The number of rotatable bonds is 1. The van der Waals surface area contributed by atoms with Crippen LogP contribution in [0.3, 0.4) is 0 Å². The van der Waals surface area contributed by atoms with Crippen LogP contribution in [0.5, 0.6) is 0 Å². The smallest absolute Gasteiger partial charge is 0.256 e. The van der Waals surface area contributed by atoms with Crippen molar-refractivity contribution in [3.05, 3.63) is 16.4 Å². The van der Waals surface area contributed by atoms with Crippen molar-refractivity contribution in [3.63, 3.8) is 0 Å². The molecule has 17 heavy (non-hydrogen) atoms. The second kappa shape index (κ2) is 5.00. The second-order valence-electron chi connectivity index (χ2n) is 4.43. The number of hydrogen-bond donors (Lipinski definition) is 0. The Labute approximate surface area is 106 Å². The van der Waals surface area contributed by atoms with Crippen LogP contribution in [-0.4, -0.2) is 9.78 Å². The maximum Gasteiger partial charge on any atom is 0.434 e. The summed E-state index contributed by atoms with van der Waals surface area (Å²) in [5, 5.41) is 3.90. The Morgan fingerprint density at radius 2 is 1.76 bits per heavy atom. The van der Waals surface area contributed by atoms with E-state index in [0.717, 1.165) is 43.2 Å². The van der Waals surface area contributed by atoms with Gasteiger partial charge in [-0.2, -0.15) is 18.3 Å². The van der Waals surface area contributed by atoms with E-state index in [1.165, 1.54) is 6.20 Å². The first-order valence-corrected chi connectivity index (χ1v) is 6.59. The number of nitrogens with zero attached hydrogens (tertiary/aromatic N) is 2. The quantitative estimate of drug-likeness (QED) is 0.695. The summed E-state index contributed by atoms with van der Waals surface area (Å²) in [5.74, 6) is 0. The summed E-state index contributed by atoms with van der Waals surface area (Å²) >= 11 is 2.94. The molecule has 0 unspecified atom stereocenters. The summed E-state index contributed by atoms with van der Waals surface area (Å²) < 4.78 is 39.9. The predicted molar refractivity (Wildman–Crippen MR) is 61.7 cm³/mol. The summed E-state index contributed by atoms with van der Waals surface area (Å²) in [6, 6.07) is -0.111. The third-order valence-electron chi connectivity index (χ3n) is 3.19. The van der Waals surface area contributed by atoms with Gasteiger partial charge in [-0.1, -0.05) is 25.7 Å². The maximum atomic E-state index is 12.9. The predicted octanol–water partition coefficient (Wildman–Crippen LogP) is 4.56. The molecule has 1 heterocycles. The van der Waals surface area contributed by atoms with Crippen LogP contribution in [0, 0.1) is 0 Å². The molecule has 0 aliphatic heterocycles. The van der Waals surface area contributed by atoms with Gasteiger partial charge in [0, 0.05) is 0 Å². The first-order valence-electron chi connectivity index (χ1n) is 5.80. The summed E-state index contributed by atoms with van der Waals surface area (Å²) in [6.07, 6.45) is 2.67. The molecule has 1 aliphatic carbocycles. The molecule has 0 saturated heterocycles. The first-order chi connectivity index (χ1) is 8.00. The fourth-order valence-corrected chi connectivity index (χ4v) is 2.88. The van der Waals surface area contributed by atoms with Crippen molar-refractivity contribution in [3.8, 4) is 0 Å². The fourth-order valence-electron chi connectivity index (χ4n) is 2.39. The topological polar surface area (TPSA) is 17.8 Å². The van der Waals surface area contributed by atoms with Crippen LogP contribution < -0.4 is 0 Å². The molecular weight excluding hydrogens is 297 g/mol. The molecule has 0 bridgehead atoms. The van der Waals surface area contributed by atoms with Crippen LogP contribution in [0.1, 0.15) is 50.3 Å². The zero-order valence-electron chi connectivity index (χ0n) is 9.30. The monoisotopic (exact) mass is 310 g/mol. The molecule has 1 saturated carbocycles. The third kappa shape index (κ3) is 2.84. The maximum absolute atomic E-state index is 12.9. The molecule has 1 aromatic rings. The van der Waals surface area contributed by atoms with E-state index in [1.807, 2.05) is 0 Å². The van der Waals surface area contributed by atoms with Crippen molar-refractivity contribution >= 4 is 15.9 Å². The molecule has 0 spiro atoms. The molecule has 1 aliphatic rings. The molecule has 96 valence electrons. The van der Waals surface area contributed by atoms with Gasteiger partial charge in [-0.25, -0.2) is 0 Å². The van der Waals surface area contributed by atoms with Gasteiger partial charge in [0.05, 0.1) is 16.7 Å². The molecule has 6 heteroatoms. The Morgan fingerprint density at radius 1 is 1.18 bits per heavy atom. The molecule has 1 fully saturated rings. The van der Waals surface area contributed by atoms with Crippen LogP contribution in [0.4, 0.5) is 13.2 Å². The van der Waals surface area contributed by atoms with Gasteiger partial charge in [0.15, 0.2) is 5.69 Å². The van der Waals surface area contributed by atoms with E-state index >= 15 is 0 Å². The zero-order valence-corrected chi connectivity index (χ0v) is 10.9. The molecule has 0 aromatic carbocycles. The number of alkyl halides is 3. The van der Waals surface area contributed by atoms with Crippen LogP contribution >= 0.6 is 15.9 Å². The third-order valence-corrected chi connectivity index (χ3v) is 3.77. The van der Waals surface area contributed by atoms with Gasteiger partial charge in [-0.05, 0) is 28.8 Å². The van der Waals surface area contributed by atoms with E-state index in [9.17, 15) is 13.2 Å². The normalized spacial score (nSPS) is 19.3. The highest BCUT2D eigenvalue weighted by Crippen LogP contribution is 2.38. The minimum absolute atomic E-state index is 0.0363. The molecule has 2 rings (SSSR count). The SMILES string of the molecule is FC(F)(F)c1c(Br)cnn1C1CCCCCC1. The molecule has 1 aromatic heterocycles. The highest BCUT2D eigenvalue weighted by Gasteiger charge is 2.39. The molecule has 0 radical (unpaired) electrons. The fraction of sp³-hybridized carbons (Fsp3) is 0.727. The van der Waals surface area contributed by atoms with Gasteiger partial charge in [-0.3, -0.25) is 4.68 Å². The lowest BCUT2D eigenvalue weighted by molar-refractivity contribution is -0.145. The highest BCUT2D eigenvalue weighted by atomic mass is 79.9. The molecule has 0 atom stereocenters. The van der Waals surface area contributed by atoms with Crippen molar-refractivity contribution < 1.29 is 13.2 Å². The van der Waals surface area contributed by atoms with Crippen LogP contribution in [0.15, 0.2) is 10.7 Å². The highest BCUT2D eigenvalue weighted by molar-refractivity contribution is 9.10. The van der Waals surface area contributed by atoms with Crippen molar-refractivity contribution in [2.75, 3.05) is 0 Å². The average molecular weight is 311 g/mol. The van der Waals surface area contributed by atoms with Gasteiger partial charge in [0.2, 0.25) is 0 Å². The Balaban J connectivity index is 2.31. The molecule has 2 nitrogen and oxygen atoms in total. The van der Waals surface area contributed by atoms with E-state index in [0.29, 0.717) is 0 Å². The number of aromatic nitrogens is 2. The van der Waals surface area contributed by atoms with Gasteiger partial charge in [-0.15, -0.1) is 0 Å². The standard InChI is InChI=1S/C11H14BrF3N2/c12-9-7-16-17(10(9)11(13,14)15)8-5-3-1-2-4-6-8/h7-8H,1-6H2. The molecule has 0 amide bonds. The summed E-state index contributed by atoms with van der Waals surface area (Å²) in [6.45, 7) is 0. The Kier molecular flexibility index (Phi) is 3.80. The van der Waals surface area contributed by atoms with Crippen molar-refractivity contribution in [1.29, 1.82) is 0 Å². The largest absolute Gasteiger partial charge is 0.434 e. The summed E-state index contributed by atoms with van der Waals surface area (Å²) in [4.78, 5) is 0. The van der Waals surface area contributed by atoms with Crippen molar-refractivity contribution in [2.24, 2.45) is 0 Å². The van der Waals surface area contributed by atoms with E-state index in [4.69, 9.17) is 0 Å².